The van der Waals surface area contributed by atoms with Crippen molar-refractivity contribution in [2.45, 2.75) is 115 Å². The van der Waals surface area contributed by atoms with Crippen molar-refractivity contribution in [3.8, 4) is 25.2 Å². The third-order valence-corrected chi connectivity index (χ3v) is 5.84. The minimum atomic E-state index is 1.01. The van der Waals surface area contributed by atoms with E-state index in [0.717, 1.165) is 17.4 Å². The number of terminal acetylenes is 2. The van der Waals surface area contributed by atoms with Crippen LogP contribution in [0.1, 0.15) is 119 Å². The zero-order chi connectivity index (χ0) is 30.2. The van der Waals surface area contributed by atoms with E-state index in [4.69, 9.17) is 4.79 Å². The topological polar surface area (TPSA) is 17.1 Å². The van der Waals surface area contributed by atoms with E-state index in [1.807, 2.05) is 41.4 Å². The molecule has 0 spiro atoms. The number of rotatable bonds is 4. The molecule has 1 saturated carbocycles. The Morgan fingerprint density at radius 3 is 1.84 bits per heavy atom. The van der Waals surface area contributed by atoms with E-state index in [-0.39, 0.29) is 0 Å². The van der Waals surface area contributed by atoms with Gasteiger partial charge < -0.3 is 4.79 Å². The van der Waals surface area contributed by atoms with Gasteiger partial charge >= 0.3 is 0 Å². The fourth-order valence-electron chi connectivity index (χ4n) is 3.67. The average Bonchev–Trinajstić information content (AvgIpc) is 3.17. The van der Waals surface area contributed by atoms with Crippen LogP contribution in [0.5, 0.6) is 0 Å². The first-order valence-corrected chi connectivity index (χ1v) is 13.9. The molecule has 1 aliphatic rings. The smallest absolute Gasteiger partial charge is 0.106 e. The zero-order valence-electron chi connectivity index (χ0n) is 26.4. The first-order valence-electron chi connectivity index (χ1n) is 13.9. The Bertz CT molecular complexity index is 737. The number of allylic oxidation sites excluding steroid dienone is 5. The van der Waals surface area contributed by atoms with Crippen molar-refractivity contribution in [1.29, 1.82) is 0 Å². The summed E-state index contributed by atoms with van der Waals surface area (Å²) in [5.74, 6) is 4.30. The minimum Gasteiger partial charge on any atom is -0.307 e. The quantitative estimate of drug-likeness (QED) is 0.224. The van der Waals surface area contributed by atoms with Crippen molar-refractivity contribution in [2.24, 2.45) is 11.8 Å². The number of hydrogen-bond donors (Lipinski definition) is 0. The first kappa shape index (κ1) is 44.2. The minimum absolute atomic E-state index is 1.01. The second kappa shape index (κ2) is 35.4. The SMILES string of the molecule is C#C.C#CC.C=C(/C(C)=C\C(C)=C/C)c1ccc(C)cc1.C=O.CC.CC.CCC1CCCCC[C@@H]1C. The summed E-state index contributed by atoms with van der Waals surface area (Å²) in [5.41, 5.74) is 6.07. The Balaban J connectivity index is -0.000000139. The Kier molecular flexibility index (Phi) is 42.3. The van der Waals surface area contributed by atoms with Gasteiger partial charge in [-0.1, -0.05) is 134 Å². The van der Waals surface area contributed by atoms with Gasteiger partial charge in [0.05, 0.1) is 0 Å². The summed E-state index contributed by atoms with van der Waals surface area (Å²) in [7, 11) is 0. The molecule has 1 unspecified atom stereocenters. The van der Waals surface area contributed by atoms with Crippen LogP contribution < -0.4 is 0 Å². The first-order chi connectivity index (χ1) is 17.8. The molecule has 1 aromatic carbocycles. The Morgan fingerprint density at radius 2 is 1.43 bits per heavy atom. The Labute approximate surface area is 233 Å². The molecule has 0 amide bonds. The maximum atomic E-state index is 8.00. The van der Waals surface area contributed by atoms with Crippen molar-refractivity contribution in [3.63, 3.8) is 0 Å². The fraction of sp³-hybridized carbons (Fsp3) is 0.528. The number of carbonyl (C=O) groups is 1. The Morgan fingerprint density at radius 1 is 1.00 bits per heavy atom. The average molecular weight is 509 g/mol. The van der Waals surface area contributed by atoms with Gasteiger partial charge in [0.2, 0.25) is 0 Å². The molecular formula is C36H60O. The molecule has 1 fully saturated rings. The molecule has 0 aliphatic heterocycles. The van der Waals surface area contributed by atoms with E-state index in [0.29, 0.717) is 0 Å². The molecule has 0 radical (unpaired) electrons. The third-order valence-electron chi connectivity index (χ3n) is 5.84. The highest BCUT2D eigenvalue weighted by Crippen LogP contribution is 2.30. The van der Waals surface area contributed by atoms with Crippen LogP contribution in [0, 0.1) is 44.0 Å². The van der Waals surface area contributed by atoms with Gasteiger partial charge in [-0.3, -0.25) is 0 Å². The molecule has 2 atom stereocenters. The summed E-state index contributed by atoms with van der Waals surface area (Å²) in [6.07, 6.45) is 25.7. The van der Waals surface area contributed by atoms with Gasteiger partial charge in [-0.05, 0) is 63.2 Å². The van der Waals surface area contributed by atoms with E-state index in [2.05, 4.69) is 103 Å². The lowest BCUT2D eigenvalue weighted by atomic mass is 9.88. The van der Waals surface area contributed by atoms with Gasteiger partial charge in [0.15, 0.2) is 0 Å². The lowest BCUT2D eigenvalue weighted by molar-refractivity contribution is -0.0980. The van der Waals surface area contributed by atoms with Crippen LogP contribution in [0.15, 0.2) is 54.1 Å². The molecule has 1 heteroatoms. The Hall–Kier alpha value is -2.77. The highest BCUT2D eigenvalue weighted by Gasteiger charge is 2.17. The highest BCUT2D eigenvalue weighted by molar-refractivity contribution is 5.77. The van der Waals surface area contributed by atoms with Crippen LogP contribution in [0.3, 0.4) is 0 Å². The second-order valence-corrected chi connectivity index (χ2v) is 8.28. The standard InChI is InChI=1S/C16H20.C10H20.C3H4.2C2H6.C2H2.CH2O/c1-6-12(2)11-14(4)15(5)16-9-7-13(3)8-10-16;1-3-10-8-6-4-5-7-9(10)2;1-3-2;4*1-2/h6-11H,5H2,1-4H3;9-10H,3-8H2,1-2H3;1H,2H3;2*1-2H3;1-2H;1H2/b12-6-,14-11-;;;;;;/t;9-,10?;;;;;/m.0...../s1. The maximum absolute atomic E-state index is 8.00. The summed E-state index contributed by atoms with van der Waals surface area (Å²) in [5, 5.41) is 0. The largest absolute Gasteiger partial charge is 0.307 e. The van der Waals surface area contributed by atoms with Gasteiger partial charge in [0, 0.05) is 0 Å². The fourth-order valence-corrected chi connectivity index (χ4v) is 3.67. The van der Waals surface area contributed by atoms with Gasteiger partial charge in [-0.25, -0.2) is 0 Å². The molecular weight excluding hydrogens is 448 g/mol. The van der Waals surface area contributed by atoms with E-state index < -0.39 is 0 Å². The van der Waals surface area contributed by atoms with Crippen LogP contribution in [-0.2, 0) is 4.79 Å². The van der Waals surface area contributed by atoms with Crippen molar-refractivity contribution >= 4 is 12.4 Å². The summed E-state index contributed by atoms with van der Waals surface area (Å²) in [4.78, 5) is 8.00. The van der Waals surface area contributed by atoms with E-state index in [1.165, 1.54) is 60.8 Å². The molecule has 1 nitrogen and oxygen atoms in total. The van der Waals surface area contributed by atoms with Gasteiger partial charge in [-0.2, -0.15) is 0 Å². The van der Waals surface area contributed by atoms with Crippen LogP contribution in [-0.4, -0.2) is 6.79 Å². The van der Waals surface area contributed by atoms with Crippen LogP contribution in [0.25, 0.3) is 5.57 Å². The number of aryl methyl sites for hydroxylation is 1. The summed E-state index contributed by atoms with van der Waals surface area (Å²) < 4.78 is 0. The molecule has 1 aliphatic carbocycles. The molecule has 2 rings (SSSR count). The molecule has 0 bridgehead atoms. The normalized spacial score (nSPS) is 15.8. The molecule has 210 valence electrons. The lowest BCUT2D eigenvalue weighted by Crippen LogP contribution is -2.07. The van der Waals surface area contributed by atoms with Crippen molar-refractivity contribution in [2.75, 3.05) is 0 Å². The summed E-state index contributed by atoms with van der Waals surface area (Å²) >= 11 is 0. The van der Waals surface area contributed by atoms with Crippen LogP contribution >= 0.6 is 0 Å². The number of carbonyl (C=O) groups excluding carboxylic acids is 1. The molecule has 1 aromatic rings. The molecule has 0 N–H and O–H groups in total. The molecule has 0 aromatic heterocycles. The van der Waals surface area contributed by atoms with Gasteiger partial charge in [-0.15, -0.1) is 25.2 Å². The molecule has 37 heavy (non-hydrogen) atoms. The highest BCUT2D eigenvalue weighted by atomic mass is 16.1. The zero-order valence-corrected chi connectivity index (χ0v) is 26.4. The van der Waals surface area contributed by atoms with E-state index in [1.54, 1.807) is 6.92 Å². The molecule has 0 heterocycles. The van der Waals surface area contributed by atoms with E-state index in [9.17, 15) is 0 Å². The molecule has 0 saturated heterocycles. The number of benzene rings is 1. The van der Waals surface area contributed by atoms with Gasteiger partial charge in [0.25, 0.3) is 0 Å². The van der Waals surface area contributed by atoms with E-state index >= 15 is 0 Å². The predicted octanol–water partition coefficient (Wildman–Crippen LogP) is 11.3. The summed E-state index contributed by atoms with van der Waals surface area (Å²) in [6, 6.07) is 8.49. The van der Waals surface area contributed by atoms with Gasteiger partial charge in [0.1, 0.15) is 6.79 Å². The van der Waals surface area contributed by atoms with Crippen LogP contribution in [0.4, 0.5) is 0 Å². The monoisotopic (exact) mass is 508 g/mol. The van der Waals surface area contributed by atoms with Crippen LogP contribution in [0.2, 0.25) is 0 Å². The third kappa shape index (κ3) is 26.1. The number of hydrogen-bond acceptors (Lipinski definition) is 1. The predicted molar refractivity (Wildman–Crippen MR) is 174 cm³/mol. The lowest BCUT2D eigenvalue weighted by Gasteiger charge is -2.18. The van der Waals surface area contributed by atoms with Crippen molar-refractivity contribution in [3.05, 3.63) is 65.3 Å². The van der Waals surface area contributed by atoms with Crippen molar-refractivity contribution < 1.29 is 4.79 Å². The summed E-state index contributed by atoms with van der Waals surface area (Å²) in [6.45, 7) is 28.9. The maximum Gasteiger partial charge on any atom is 0.106 e. The second-order valence-electron chi connectivity index (χ2n) is 8.28. The van der Waals surface area contributed by atoms with Crippen molar-refractivity contribution in [1.82, 2.24) is 0 Å².